The van der Waals surface area contributed by atoms with Gasteiger partial charge in [-0.1, -0.05) is 128 Å². The molecule has 0 aromatic rings. The summed E-state index contributed by atoms with van der Waals surface area (Å²) in [5.74, 6) is 0.00976. The molecular weight excluding hydrogens is 392 g/mol. The molecule has 32 heavy (non-hydrogen) atoms. The van der Waals surface area contributed by atoms with Gasteiger partial charge < -0.3 is 4.74 Å². The summed E-state index contributed by atoms with van der Waals surface area (Å²) in [6, 6.07) is 0. The Morgan fingerprint density at radius 1 is 0.531 bits per heavy atom. The second-order valence-corrected chi connectivity index (χ2v) is 9.38. The zero-order chi connectivity index (χ0) is 23.4. The van der Waals surface area contributed by atoms with Crippen LogP contribution in [0.15, 0.2) is 24.3 Å². The Bertz CT molecular complexity index is 425. The molecule has 0 atom stereocenters. The number of allylic oxidation sites excluding steroid dienone is 4. The van der Waals surface area contributed by atoms with Gasteiger partial charge in [0, 0.05) is 6.42 Å². The molecule has 0 N–H and O–H groups in total. The fraction of sp³-hybridized carbons (Fsp3) is 0.833. The topological polar surface area (TPSA) is 26.3 Å². The Labute approximate surface area is 201 Å². The molecule has 0 saturated heterocycles. The monoisotopic (exact) mass is 448 g/mol. The Kier molecular flexibility index (Phi) is 27.1. The van der Waals surface area contributed by atoms with Crippen LogP contribution in [0.5, 0.6) is 0 Å². The summed E-state index contributed by atoms with van der Waals surface area (Å²) in [5.41, 5.74) is 0. The van der Waals surface area contributed by atoms with Crippen LogP contribution in [0.1, 0.15) is 155 Å². The molecule has 0 aromatic heterocycles. The molecule has 2 heteroatoms. The molecule has 2 nitrogen and oxygen atoms in total. The third-order valence-electron chi connectivity index (χ3n) is 6.09. The lowest BCUT2D eigenvalue weighted by Gasteiger charge is -2.05. The smallest absolute Gasteiger partial charge is 0.305 e. The van der Waals surface area contributed by atoms with Crippen molar-refractivity contribution < 1.29 is 9.53 Å². The second kappa shape index (κ2) is 28.0. The van der Waals surface area contributed by atoms with Crippen molar-refractivity contribution >= 4 is 5.97 Å². The number of unbranched alkanes of at least 4 members (excludes halogenated alkanes) is 17. The highest BCUT2D eigenvalue weighted by Crippen LogP contribution is 2.11. The zero-order valence-electron chi connectivity index (χ0n) is 21.9. The van der Waals surface area contributed by atoms with Crippen LogP contribution in [0, 0.1) is 0 Å². The van der Waals surface area contributed by atoms with Gasteiger partial charge in [-0.15, -0.1) is 0 Å². The van der Waals surface area contributed by atoms with Crippen LogP contribution in [-0.2, 0) is 9.53 Å². The predicted molar refractivity (Wildman–Crippen MR) is 142 cm³/mol. The lowest BCUT2D eigenvalue weighted by atomic mass is 10.1. The molecule has 0 bridgehead atoms. The lowest BCUT2D eigenvalue weighted by molar-refractivity contribution is -0.143. The number of carbonyl (C=O) groups excluding carboxylic acids is 1. The van der Waals surface area contributed by atoms with Gasteiger partial charge in [-0.2, -0.15) is 0 Å². The number of ether oxygens (including phenoxy) is 1. The van der Waals surface area contributed by atoms with E-state index in [1.165, 1.54) is 116 Å². The SMILES string of the molecule is CCCCCC=CCC=CCCCCCCCCOC(=O)CCCCCCCCCCC. The summed E-state index contributed by atoms with van der Waals surface area (Å²) < 4.78 is 5.38. The number of rotatable bonds is 25. The fourth-order valence-corrected chi connectivity index (χ4v) is 3.93. The number of carbonyl (C=O) groups is 1. The maximum atomic E-state index is 11.8. The molecule has 0 amide bonds. The average Bonchev–Trinajstić information content (AvgIpc) is 2.80. The van der Waals surface area contributed by atoms with Gasteiger partial charge in [0.1, 0.15) is 0 Å². The van der Waals surface area contributed by atoms with Crippen LogP contribution in [0.2, 0.25) is 0 Å². The van der Waals surface area contributed by atoms with E-state index in [1.807, 2.05) is 0 Å². The molecule has 188 valence electrons. The minimum Gasteiger partial charge on any atom is -0.466 e. The molecular formula is C30H56O2. The Morgan fingerprint density at radius 2 is 0.969 bits per heavy atom. The average molecular weight is 449 g/mol. The van der Waals surface area contributed by atoms with Gasteiger partial charge in [0.25, 0.3) is 0 Å². The van der Waals surface area contributed by atoms with Gasteiger partial charge in [-0.3, -0.25) is 4.79 Å². The van der Waals surface area contributed by atoms with E-state index in [0.717, 1.165) is 19.3 Å². The summed E-state index contributed by atoms with van der Waals surface area (Å²) >= 11 is 0. The molecule has 0 rings (SSSR count). The van der Waals surface area contributed by atoms with Crippen molar-refractivity contribution in [3.8, 4) is 0 Å². The number of hydrogen-bond acceptors (Lipinski definition) is 2. The van der Waals surface area contributed by atoms with Crippen LogP contribution in [-0.4, -0.2) is 12.6 Å². The van der Waals surface area contributed by atoms with Crippen molar-refractivity contribution in [2.75, 3.05) is 6.61 Å². The first-order valence-corrected chi connectivity index (χ1v) is 14.3. The Hall–Kier alpha value is -1.05. The number of esters is 1. The molecule has 0 spiro atoms. The van der Waals surface area contributed by atoms with Gasteiger partial charge >= 0.3 is 5.97 Å². The van der Waals surface area contributed by atoms with E-state index < -0.39 is 0 Å². The van der Waals surface area contributed by atoms with Crippen LogP contribution < -0.4 is 0 Å². The van der Waals surface area contributed by atoms with Gasteiger partial charge in [0.05, 0.1) is 6.61 Å². The van der Waals surface area contributed by atoms with E-state index in [0.29, 0.717) is 13.0 Å². The minimum absolute atomic E-state index is 0.00976. The maximum Gasteiger partial charge on any atom is 0.305 e. The summed E-state index contributed by atoms with van der Waals surface area (Å²) in [6.45, 7) is 5.13. The first kappa shape index (κ1) is 30.9. The first-order chi connectivity index (χ1) is 15.8. The summed E-state index contributed by atoms with van der Waals surface area (Å²) in [4.78, 5) is 11.8. The quantitative estimate of drug-likeness (QED) is 0.0788. The summed E-state index contributed by atoms with van der Waals surface area (Å²) in [6.07, 6.45) is 36.4. The van der Waals surface area contributed by atoms with Gasteiger partial charge in [0.2, 0.25) is 0 Å². The molecule has 0 radical (unpaired) electrons. The van der Waals surface area contributed by atoms with E-state index in [2.05, 4.69) is 38.2 Å². The van der Waals surface area contributed by atoms with Crippen molar-refractivity contribution in [2.45, 2.75) is 155 Å². The van der Waals surface area contributed by atoms with Crippen LogP contribution in [0.3, 0.4) is 0 Å². The predicted octanol–water partition coefficient (Wildman–Crippen LogP) is 10.3. The molecule has 0 aliphatic heterocycles. The third-order valence-corrected chi connectivity index (χ3v) is 6.09. The van der Waals surface area contributed by atoms with E-state index in [1.54, 1.807) is 0 Å². The van der Waals surface area contributed by atoms with Gasteiger partial charge in [-0.05, 0) is 44.9 Å². The van der Waals surface area contributed by atoms with E-state index in [-0.39, 0.29) is 5.97 Å². The van der Waals surface area contributed by atoms with E-state index in [4.69, 9.17) is 4.74 Å². The largest absolute Gasteiger partial charge is 0.466 e. The first-order valence-electron chi connectivity index (χ1n) is 14.3. The third kappa shape index (κ3) is 27.0. The molecule has 0 aromatic carbocycles. The fourth-order valence-electron chi connectivity index (χ4n) is 3.93. The standard InChI is InChI=1S/C30H56O2/c1-3-5-7-9-11-13-14-15-16-17-18-19-21-23-25-27-29-32-30(31)28-26-24-22-20-12-10-8-6-4-2/h11,13,15-16H,3-10,12,14,17-29H2,1-2H3. The highest BCUT2D eigenvalue weighted by atomic mass is 16.5. The molecule has 0 aliphatic carbocycles. The molecule has 0 fully saturated rings. The van der Waals surface area contributed by atoms with Crippen molar-refractivity contribution in [1.82, 2.24) is 0 Å². The lowest BCUT2D eigenvalue weighted by Crippen LogP contribution is -2.05. The van der Waals surface area contributed by atoms with Crippen molar-refractivity contribution in [3.63, 3.8) is 0 Å². The zero-order valence-corrected chi connectivity index (χ0v) is 21.9. The highest BCUT2D eigenvalue weighted by Gasteiger charge is 2.02. The van der Waals surface area contributed by atoms with Gasteiger partial charge in [0.15, 0.2) is 0 Å². The van der Waals surface area contributed by atoms with Crippen molar-refractivity contribution in [1.29, 1.82) is 0 Å². The Morgan fingerprint density at radius 3 is 1.56 bits per heavy atom. The van der Waals surface area contributed by atoms with Crippen molar-refractivity contribution in [3.05, 3.63) is 24.3 Å². The second-order valence-electron chi connectivity index (χ2n) is 9.38. The van der Waals surface area contributed by atoms with Gasteiger partial charge in [-0.25, -0.2) is 0 Å². The van der Waals surface area contributed by atoms with Crippen molar-refractivity contribution in [2.24, 2.45) is 0 Å². The molecule has 0 unspecified atom stereocenters. The van der Waals surface area contributed by atoms with Crippen LogP contribution in [0.25, 0.3) is 0 Å². The van der Waals surface area contributed by atoms with Crippen LogP contribution in [0.4, 0.5) is 0 Å². The summed E-state index contributed by atoms with van der Waals surface area (Å²) in [7, 11) is 0. The van der Waals surface area contributed by atoms with Crippen LogP contribution >= 0.6 is 0 Å². The van der Waals surface area contributed by atoms with E-state index in [9.17, 15) is 4.79 Å². The highest BCUT2D eigenvalue weighted by molar-refractivity contribution is 5.69. The van der Waals surface area contributed by atoms with E-state index >= 15 is 0 Å². The minimum atomic E-state index is 0.00976. The molecule has 0 aliphatic rings. The normalized spacial score (nSPS) is 11.7. The molecule has 0 saturated carbocycles. The Balaban J connectivity index is 3.23. The summed E-state index contributed by atoms with van der Waals surface area (Å²) in [5, 5.41) is 0. The number of hydrogen-bond donors (Lipinski definition) is 0. The maximum absolute atomic E-state index is 11.8. The molecule has 0 heterocycles.